The van der Waals surface area contributed by atoms with Gasteiger partial charge in [0.2, 0.25) is 5.43 Å². The maximum atomic E-state index is 12.9. The number of pyridine rings is 2. The molecule has 0 atom stereocenters. The van der Waals surface area contributed by atoms with Crippen LogP contribution in [0.5, 0.6) is 11.5 Å². The summed E-state index contributed by atoms with van der Waals surface area (Å²) in [6.45, 7) is 5.43. The highest BCUT2D eigenvalue weighted by Gasteiger charge is 2.18. The van der Waals surface area contributed by atoms with Gasteiger partial charge in [0, 0.05) is 29.4 Å². The fourth-order valence-electron chi connectivity index (χ4n) is 3.59. The zero-order chi connectivity index (χ0) is 22.2. The van der Waals surface area contributed by atoms with Crippen molar-refractivity contribution in [1.82, 2.24) is 14.5 Å². The third-order valence-corrected chi connectivity index (χ3v) is 5.97. The van der Waals surface area contributed by atoms with E-state index in [0.717, 1.165) is 11.3 Å². The predicted molar refractivity (Wildman–Crippen MR) is 123 cm³/mol. The number of anilines is 1. The smallest absolute Gasteiger partial charge is 0.262 e. The van der Waals surface area contributed by atoms with Crippen LogP contribution in [0.25, 0.3) is 22.3 Å². The zero-order valence-electron chi connectivity index (χ0n) is 17.5. The van der Waals surface area contributed by atoms with E-state index in [0.29, 0.717) is 53.1 Å². The molecule has 0 spiro atoms. The highest BCUT2D eigenvalue weighted by molar-refractivity contribution is 7.14. The lowest BCUT2D eigenvalue weighted by molar-refractivity contribution is 0.102. The minimum Gasteiger partial charge on any atom is -0.486 e. The first-order valence-corrected chi connectivity index (χ1v) is 11.1. The molecular formula is C23H20N4O4S. The van der Waals surface area contributed by atoms with Crippen LogP contribution in [0, 0.1) is 6.92 Å². The molecule has 8 nitrogen and oxygen atoms in total. The van der Waals surface area contributed by atoms with Gasteiger partial charge >= 0.3 is 0 Å². The Labute approximate surface area is 187 Å². The van der Waals surface area contributed by atoms with Crippen LogP contribution in [-0.2, 0) is 6.54 Å². The van der Waals surface area contributed by atoms with Crippen molar-refractivity contribution in [2.24, 2.45) is 0 Å². The van der Waals surface area contributed by atoms with Gasteiger partial charge in [0.1, 0.15) is 24.4 Å². The van der Waals surface area contributed by atoms with Crippen molar-refractivity contribution < 1.29 is 14.3 Å². The second kappa shape index (κ2) is 8.08. The molecule has 0 radical (unpaired) electrons. The molecule has 9 heteroatoms. The Kier molecular flexibility index (Phi) is 5.10. The second-order valence-electron chi connectivity index (χ2n) is 7.33. The van der Waals surface area contributed by atoms with Gasteiger partial charge in [0.15, 0.2) is 16.6 Å². The van der Waals surface area contributed by atoms with Crippen molar-refractivity contribution in [1.29, 1.82) is 0 Å². The molecule has 1 aliphatic heterocycles. The number of carbonyl (C=O) groups is 1. The van der Waals surface area contributed by atoms with E-state index in [1.807, 2.05) is 37.4 Å². The van der Waals surface area contributed by atoms with Gasteiger partial charge in [-0.3, -0.25) is 14.9 Å². The predicted octanol–water partition coefficient (Wildman–Crippen LogP) is 3.87. The maximum absolute atomic E-state index is 12.9. The molecule has 1 amide bonds. The van der Waals surface area contributed by atoms with E-state index in [1.54, 1.807) is 22.9 Å². The Morgan fingerprint density at radius 3 is 2.78 bits per heavy atom. The number of hydrogen-bond acceptors (Lipinski definition) is 7. The summed E-state index contributed by atoms with van der Waals surface area (Å²) in [4.78, 5) is 34.9. The van der Waals surface area contributed by atoms with Crippen molar-refractivity contribution in [2.75, 3.05) is 18.5 Å². The van der Waals surface area contributed by atoms with Crippen LogP contribution < -0.4 is 20.2 Å². The van der Waals surface area contributed by atoms with Crippen LogP contribution in [0.2, 0.25) is 0 Å². The van der Waals surface area contributed by atoms with Crippen LogP contribution in [0.1, 0.15) is 23.0 Å². The summed E-state index contributed by atoms with van der Waals surface area (Å²) in [5.41, 5.74) is 2.65. The van der Waals surface area contributed by atoms with Gasteiger partial charge in [0.25, 0.3) is 5.91 Å². The van der Waals surface area contributed by atoms with E-state index >= 15 is 0 Å². The monoisotopic (exact) mass is 448 g/mol. The Bertz CT molecular complexity index is 1410. The zero-order valence-corrected chi connectivity index (χ0v) is 18.4. The Morgan fingerprint density at radius 1 is 1.16 bits per heavy atom. The van der Waals surface area contributed by atoms with Gasteiger partial charge in [0.05, 0.1) is 11.1 Å². The number of fused-ring (bicyclic) bond motifs is 2. The summed E-state index contributed by atoms with van der Waals surface area (Å²) in [5.74, 6) is 0.882. The summed E-state index contributed by atoms with van der Waals surface area (Å²) >= 11 is 1.29. The molecule has 1 aliphatic rings. The summed E-state index contributed by atoms with van der Waals surface area (Å²) in [6.07, 6.45) is 1.56. The lowest BCUT2D eigenvalue weighted by atomic mass is 10.1. The first-order chi connectivity index (χ1) is 15.5. The van der Waals surface area contributed by atoms with E-state index < -0.39 is 5.91 Å². The average molecular weight is 449 g/mol. The lowest BCUT2D eigenvalue weighted by Crippen LogP contribution is -2.24. The number of ether oxygens (including phenoxy) is 2. The largest absolute Gasteiger partial charge is 0.486 e. The molecule has 3 aromatic heterocycles. The van der Waals surface area contributed by atoms with Crippen molar-refractivity contribution in [3.63, 3.8) is 0 Å². The summed E-state index contributed by atoms with van der Waals surface area (Å²) in [6, 6.07) is 9.09. The third-order valence-electron chi connectivity index (χ3n) is 5.21. The highest BCUT2D eigenvalue weighted by atomic mass is 32.1. The average Bonchev–Trinajstić information content (AvgIpc) is 3.27. The first kappa shape index (κ1) is 20.2. The third kappa shape index (κ3) is 3.60. The lowest BCUT2D eigenvalue weighted by Gasteiger charge is -2.18. The number of nitrogens with one attached hydrogen (secondary N) is 1. The van der Waals surface area contributed by atoms with E-state index in [1.165, 1.54) is 11.3 Å². The molecule has 0 saturated carbocycles. The van der Waals surface area contributed by atoms with E-state index in [4.69, 9.17) is 9.47 Å². The molecule has 4 aromatic rings. The number of aromatic nitrogens is 3. The van der Waals surface area contributed by atoms with E-state index in [2.05, 4.69) is 15.3 Å². The van der Waals surface area contributed by atoms with Crippen LogP contribution in [0.4, 0.5) is 5.13 Å². The van der Waals surface area contributed by atoms with Crippen molar-refractivity contribution in [3.8, 4) is 22.8 Å². The first-order valence-electron chi connectivity index (χ1n) is 10.2. The van der Waals surface area contributed by atoms with E-state index in [9.17, 15) is 9.59 Å². The van der Waals surface area contributed by atoms with Gasteiger partial charge in [-0.15, -0.1) is 11.3 Å². The summed E-state index contributed by atoms with van der Waals surface area (Å²) in [7, 11) is 0. The molecule has 5 rings (SSSR count). The number of aryl methyl sites for hydroxylation is 2. The fourth-order valence-corrected chi connectivity index (χ4v) is 4.31. The summed E-state index contributed by atoms with van der Waals surface area (Å²) in [5, 5.41) is 5.43. The minimum atomic E-state index is -0.497. The highest BCUT2D eigenvalue weighted by Crippen LogP contribution is 2.35. The Morgan fingerprint density at radius 2 is 1.97 bits per heavy atom. The van der Waals surface area contributed by atoms with Crippen LogP contribution >= 0.6 is 11.3 Å². The summed E-state index contributed by atoms with van der Waals surface area (Å²) < 4.78 is 13.0. The number of rotatable bonds is 4. The second-order valence-corrected chi connectivity index (χ2v) is 8.19. The van der Waals surface area contributed by atoms with Gasteiger partial charge < -0.3 is 14.0 Å². The van der Waals surface area contributed by atoms with Gasteiger partial charge in [-0.25, -0.2) is 9.97 Å². The number of thiazole rings is 1. The Hall–Kier alpha value is -3.72. The molecule has 32 heavy (non-hydrogen) atoms. The van der Waals surface area contributed by atoms with E-state index in [-0.39, 0.29) is 11.0 Å². The molecular weight excluding hydrogens is 428 g/mol. The fraction of sp³-hybridized carbons (Fsp3) is 0.217. The van der Waals surface area contributed by atoms with Gasteiger partial charge in [-0.05, 0) is 44.2 Å². The number of hydrogen-bond donors (Lipinski definition) is 1. The van der Waals surface area contributed by atoms with Crippen LogP contribution in [-0.4, -0.2) is 33.7 Å². The topological polar surface area (TPSA) is 95.3 Å². The number of amides is 1. The van der Waals surface area contributed by atoms with Crippen molar-refractivity contribution in [2.45, 2.75) is 20.4 Å². The molecule has 0 saturated heterocycles. The Balaban J connectivity index is 1.43. The SMILES string of the molecule is CCn1cc(C(=O)Nc2nc(-c3ccc4c(c3)OCCO4)cs2)c(=O)c2ccc(C)nc21. The van der Waals surface area contributed by atoms with Crippen molar-refractivity contribution in [3.05, 3.63) is 63.4 Å². The molecule has 0 aliphatic carbocycles. The van der Waals surface area contributed by atoms with Gasteiger partial charge in [-0.1, -0.05) is 0 Å². The molecule has 1 aromatic carbocycles. The molecule has 1 N–H and O–H groups in total. The molecule has 162 valence electrons. The minimum absolute atomic E-state index is 0.0566. The van der Waals surface area contributed by atoms with Crippen LogP contribution in [0.15, 0.2) is 46.7 Å². The number of carbonyl (C=O) groups excluding carboxylic acids is 1. The van der Waals surface area contributed by atoms with Crippen LogP contribution in [0.3, 0.4) is 0 Å². The van der Waals surface area contributed by atoms with Gasteiger partial charge in [-0.2, -0.15) is 0 Å². The molecule has 0 bridgehead atoms. The molecule has 4 heterocycles. The normalized spacial score (nSPS) is 12.7. The molecule has 0 unspecified atom stereocenters. The standard InChI is InChI=1S/C23H20N4O4S/c1-3-27-11-16(20(28)15-6-4-13(2)24-21(15)27)22(29)26-23-25-17(12-32-23)14-5-7-18-19(10-14)31-9-8-30-18/h4-7,10-12H,3,8-9H2,1-2H3,(H,25,26,29). The molecule has 0 fully saturated rings. The maximum Gasteiger partial charge on any atom is 0.262 e. The number of benzene rings is 1. The number of nitrogens with zero attached hydrogens (tertiary/aromatic N) is 3. The quantitative estimate of drug-likeness (QED) is 0.509. The van der Waals surface area contributed by atoms with Crippen molar-refractivity contribution >= 4 is 33.4 Å².